The minimum absolute atomic E-state index is 0.0224. The van der Waals surface area contributed by atoms with E-state index in [0.717, 1.165) is 23.5 Å². The molecule has 0 radical (unpaired) electrons. The predicted octanol–water partition coefficient (Wildman–Crippen LogP) is 14.2. The summed E-state index contributed by atoms with van der Waals surface area (Å²) in [7, 11) is 0. The van der Waals surface area contributed by atoms with E-state index in [1.165, 1.54) is 64.7 Å². The highest BCUT2D eigenvalue weighted by molar-refractivity contribution is 7.25. The van der Waals surface area contributed by atoms with Crippen LogP contribution in [0.2, 0.25) is 0 Å². The molecule has 2 atom stereocenters. The molecule has 0 aliphatic heterocycles. The van der Waals surface area contributed by atoms with Crippen LogP contribution >= 0.6 is 11.3 Å². The van der Waals surface area contributed by atoms with Crippen LogP contribution in [-0.2, 0) is 11.8 Å². The van der Waals surface area contributed by atoms with Crippen molar-refractivity contribution in [3.63, 3.8) is 0 Å². The van der Waals surface area contributed by atoms with Gasteiger partial charge >= 0.3 is 0 Å². The Hall–Kier alpha value is -6.16. The smallest absolute Gasteiger partial charge is 0.109 e. The van der Waals surface area contributed by atoms with Crippen molar-refractivity contribution in [1.29, 1.82) is 0 Å². The second-order valence-corrected chi connectivity index (χ2v) is 16.5. The van der Waals surface area contributed by atoms with Gasteiger partial charge in [-0.05, 0) is 106 Å². The van der Waals surface area contributed by atoms with E-state index in [0.29, 0.717) is 11.8 Å². The summed E-state index contributed by atoms with van der Waals surface area (Å²) < 4.78 is 3.75. The molecule has 2 nitrogen and oxygen atoms in total. The Labute approximate surface area is 327 Å². The van der Waals surface area contributed by atoms with Gasteiger partial charge in [-0.25, -0.2) is 0 Å². The first kappa shape index (κ1) is 33.4. The third kappa shape index (κ3) is 5.61. The summed E-state index contributed by atoms with van der Waals surface area (Å²) in [5, 5.41) is 3.96. The summed E-state index contributed by atoms with van der Waals surface area (Å²) in [5.74, 6) is 0.876. The van der Waals surface area contributed by atoms with Crippen molar-refractivity contribution in [1.82, 2.24) is 4.57 Å². The maximum Gasteiger partial charge on any atom is 0.109 e. The van der Waals surface area contributed by atoms with Crippen LogP contribution < -0.4 is 4.90 Å². The largest absolute Gasteiger partial charge is 0.311 e. The number of anilines is 2. The molecule has 2 aromatic heterocycles. The summed E-state index contributed by atoms with van der Waals surface area (Å²) in [6.45, 7) is 9.49. The van der Waals surface area contributed by atoms with Crippen molar-refractivity contribution in [3.8, 4) is 16.8 Å². The second kappa shape index (κ2) is 13.3. The van der Waals surface area contributed by atoms with Gasteiger partial charge in [-0.2, -0.15) is 0 Å². The van der Waals surface area contributed by atoms with Gasteiger partial charge in [-0.3, -0.25) is 0 Å². The highest BCUT2D eigenvalue weighted by Gasteiger charge is 2.44. The van der Waals surface area contributed by atoms with Crippen molar-refractivity contribution in [2.75, 3.05) is 4.90 Å². The summed E-state index contributed by atoms with van der Waals surface area (Å²) >= 11 is 1.87. The lowest BCUT2D eigenvalue weighted by atomic mass is 9.74. The Morgan fingerprint density at radius 2 is 1.44 bits per heavy atom. The molecule has 0 saturated carbocycles. The van der Waals surface area contributed by atoms with Gasteiger partial charge in [0.05, 0.1) is 5.52 Å². The average Bonchev–Trinajstić information content (AvgIpc) is 3.83. The third-order valence-electron chi connectivity index (χ3n) is 11.9. The zero-order valence-electron chi connectivity index (χ0n) is 31.2. The fraction of sp³-hybridized carbons (Fsp3) is 0.115. The molecule has 266 valence electrons. The van der Waals surface area contributed by atoms with E-state index in [1.54, 1.807) is 0 Å². The minimum Gasteiger partial charge on any atom is -0.311 e. The normalized spacial score (nSPS) is 17.0. The van der Waals surface area contributed by atoms with Gasteiger partial charge in [0.25, 0.3) is 0 Å². The molecular formula is C52H42N2S. The molecule has 0 fully saturated rings. The molecule has 2 unspecified atom stereocenters. The maximum absolute atomic E-state index is 4.69. The van der Waals surface area contributed by atoms with E-state index in [2.05, 4.69) is 205 Å². The fourth-order valence-electron chi connectivity index (χ4n) is 9.12. The van der Waals surface area contributed by atoms with Crippen molar-refractivity contribution < 1.29 is 0 Å². The first-order valence-corrected chi connectivity index (χ1v) is 20.1. The number of hydrogen-bond acceptors (Lipinski definition) is 2. The van der Waals surface area contributed by atoms with E-state index >= 15 is 0 Å². The second-order valence-electron chi connectivity index (χ2n) is 15.5. The molecule has 0 N–H and O–H groups in total. The molecule has 0 amide bonds. The van der Waals surface area contributed by atoms with Crippen LogP contribution in [0.3, 0.4) is 0 Å². The lowest BCUT2D eigenvalue weighted by Gasteiger charge is -2.30. The van der Waals surface area contributed by atoms with Crippen LogP contribution in [-0.4, -0.2) is 4.57 Å². The van der Waals surface area contributed by atoms with Crippen LogP contribution in [0.25, 0.3) is 48.0 Å². The molecule has 2 aliphatic carbocycles. The van der Waals surface area contributed by atoms with E-state index < -0.39 is 0 Å². The maximum atomic E-state index is 4.69. The Bertz CT molecular complexity index is 2830. The van der Waals surface area contributed by atoms with Crippen LogP contribution in [0.1, 0.15) is 36.5 Å². The average molecular weight is 727 g/mol. The summed E-state index contributed by atoms with van der Waals surface area (Å²) in [5.41, 5.74) is 12.2. The fourth-order valence-corrected chi connectivity index (χ4v) is 10.4. The standard InChI is InChI=1S/C52H42N2S/c1-35(15-14-16-36-25-32-48-45(33-36)50-44-22-11-13-24-49(44)55-51(50)54(48)39-19-8-5-9-20-39)53(40-28-26-38(27-29-40)37-17-6-4-7-18-37)41-30-31-43-42-21-10-12-23-46(42)52(2,3)47(43)34-41/h4-15,17-34,42,46H,1,16H2,2-3H3/b15-14-. The molecular weight excluding hydrogens is 685 g/mol. The third-order valence-corrected chi connectivity index (χ3v) is 13.0. The van der Waals surface area contributed by atoms with E-state index in [4.69, 9.17) is 6.58 Å². The van der Waals surface area contributed by atoms with Crippen LogP contribution in [0.15, 0.2) is 194 Å². The molecule has 55 heavy (non-hydrogen) atoms. The van der Waals surface area contributed by atoms with Crippen LogP contribution in [0.4, 0.5) is 11.4 Å². The lowest BCUT2D eigenvalue weighted by Crippen LogP contribution is -2.24. The number of fused-ring (bicyclic) bond motifs is 8. The van der Waals surface area contributed by atoms with E-state index in [9.17, 15) is 0 Å². The summed E-state index contributed by atoms with van der Waals surface area (Å²) in [4.78, 5) is 3.61. The summed E-state index contributed by atoms with van der Waals surface area (Å²) in [6.07, 6.45) is 14.5. The highest BCUT2D eigenvalue weighted by atomic mass is 32.1. The molecule has 3 heteroatoms. The molecule has 0 spiro atoms. The molecule has 0 saturated heterocycles. The van der Waals surface area contributed by atoms with Crippen molar-refractivity contribution in [2.24, 2.45) is 5.92 Å². The number of rotatable bonds is 8. The summed E-state index contributed by atoms with van der Waals surface area (Å²) in [6, 6.07) is 53.1. The van der Waals surface area contributed by atoms with Crippen molar-refractivity contribution in [3.05, 3.63) is 211 Å². The van der Waals surface area contributed by atoms with Gasteiger partial charge in [0.15, 0.2) is 0 Å². The number of hydrogen-bond donors (Lipinski definition) is 0. The quantitative estimate of drug-likeness (QED) is 0.142. The van der Waals surface area contributed by atoms with Crippen molar-refractivity contribution >= 4 is 53.9 Å². The molecule has 10 rings (SSSR count). The topological polar surface area (TPSA) is 8.17 Å². The van der Waals surface area contributed by atoms with Gasteiger partial charge in [0, 0.05) is 49.5 Å². The first-order valence-electron chi connectivity index (χ1n) is 19.3. The molecule has 0 bridgehead atoms. The minimum atomic E-state index is 0.0224. The number of nitrogens with zero attached hydrogens (tertiary/aromatic N) is 2. The van der Waals surface area contributed by atoms with Gasteiger partial charge in [-0.15, -0.1) is 11.3 Å². The van der Waals surface area contributed by atoms with Gasteiger partial charge in [0.2, 0.25) is 0 Å². The lowest BCUT2D eigenvalue weighted by molar-refractivity contribution is 0.394. The van der Waals surface area contributed by atoms with Crippen LogP contribution in [0.5, 0.6) is 0 Å². The Kier molecular flexibility index (Phi) is 8.08. The van der Waals surface area contributed by atoms with Gasteiger partial charge in [-0.1, -0.05) is 142 Å². The first-order chi connectivity index (χ1) is 27.0. The van der Waals surface area contributed by atoms with Crippen molar-refractivity contribution in [2.45, 2.75) is 31.6 Å². The van der Waals surface area contributed by atoms with Crippen LogP contribution in [0, 0.1) is 5.92 Å². The number of allylic oxidation sites excluding steroid dienone is 6. The number of thiophene rings is 1. The Morgan fingerprint density at radius 1 is 0.727 bits per heavy atom. The molecule has 8 aromatic rings. The number of benzene rings is 6. The van der Waals surface area contributed by atoms with E-state index in [-0.39, 0.29) is 5.41 Å². The SMILES string of the molecule is C=C(/C=C\Cc1ccc2c(c1)c1c3ccccc3sc1n2-c1ccccc1)N(c1ccc(-c2ccccc2)cc1)c1ccc2c(c1)C(C)(C)C1C=CC=CC21. The highest BCUT2D eigenvalue weighted by Crippen LogP contribution is 2.54. The zero-order valence-corrected chi connectivity index (χ0v) is 32.0. The van der Waals surface area contributed by atoms with E-state index in [1.807, 2.05) is 11.3 Å². The van der Waals surface area contributed by atoms with Gasteiger partial charge in [0.1, 0.15) is 4.83 Å². The molecule has 2 heterocycles. The monoisotopic (exact) mass is 726 g/mol. The predicted molar refractivity (Wildman–Crippen MR) is 236 cm³/mol. The van der Waals surface area contributed by atoms with Gasteiger partial charge < -0.3 is 9.47 Å². The molecule has 2 aliphatic rings. The molecule has 6 aromatic carbocycles. The zero-order chi connectivity index (χ0) is 37.1. The Morgan fingerprint density at radius 3 is 2.25 bits per heavy atom. The number of aromatic nitrogens is 1. The number of para-hydroxylation sites is 1. The Balaban J connectivity index is 1.01.